The van der Waals surface area contributed by atoms with Crippen LogP contribution in [-0.4, -0.2) is 36.1 Å². The monoisotopic (exact) mass is 240 g/mol. The van der Waals surface area contributed by atoms with Crippen LogP contribution in [0.25, 0.3) is 0 Å². The lowest BCUT2D eigenvalue weighted by molar-refractivity contribution is -0.143. The van der Waals surface area contributed by atoms with Gasteiger partial charge < -0.3 is 15.7 Å². The molecule has 0 radical (unpaired) electrons. The molecule has 2 aliphatic carbocycles. The van der Waals surface area contributed by atoms with E-state index in [1.54, 1.807) is 0 Å². The Hall–Kier alpha value is -1.10. The Balaban J connectivity index is 1.62. The minimum Gasteiger partial charge on any atom is -0.481 e. The lowest BCUT2D eigenvalue weighted by Crippen LogP contribution is -2.41. The zero-order valence-corrected chi connectivity index (χ0v) is 10.00. The Kier molecular flexibility index (Phi) is 3.66. The zero-order valence-electron chi connectivity index (χ0n) is 10.00. The van der Waals surface area contributed by atoms with E-state index in [1.165, 1.54) is 12.8 Å². The second-order valence-electron chi connectivity index (χ2n) is 5.22. The highest BCUT2D eigenvalue weighted by Crippen LogP contribution is 2.45. The Morgan fingerprint density at radius 3 is 2.41 bits per heavy atom. The van der Waals surface area contributed by atoms with E-state index in [4.69, 9.17) is 5.11 Å². The van der Waals surface area contributed by atoms with Crippen molar-refractivity contribution >= 4 is 11.9 Å². The molecule has 2 rings (SSSR count). The maximum atomic E-state index is 11.5. The third-order valence-corrected chi connectivity index (χ3v) is 3.84. The van der Waals surface area contributed by atoms with Crippen LogP contribution in [0.4, 0.5) is 0 Å². The van der Waals surface area contributed by atoms with Gasteiger partial charge in [0.05, 0.1) is 12.0 Å². The molecule has 17 heavy (non-hydrogen) atoms. The second kappa shape index (κ2) is 5.04. The number of carbonyl (C=O) groups excluding carboxylic acids is 1. The van der Waals surface area contributed by atoms with Gasteiger partial charge in [0.2, 0.25) is 5.91 Å². The number of nitrogens with one attached hydrogen (secondary N) is 2. The van der Waals surface area contributed by atoms with Crippen molar-refractivity contribution in [3.8, 4) is 0 Å². The van der Waals surface area contributed by atoms with Gasteiger partial charge in [-0.15, -0.1) is 0 Å². The molecule has 2 saturated carbocycles. The van der Waals surface area contributed by atoms with E-state index >= 15 is 0 Å². The Morgan fingerprint density at radius 2 is 1.88 bits per heavy atom. The molecule has 0 heterocycles. The van der Waals surface area contributed by atoms with Gasteiger partial charge in [-0.3, -0.25) is 9.59 Å². The van der Waals surface area contributed by atoms with Gasteiger partial charge in [0.25, 0.3) is 0 Å². The SMILES string of the molecule is O=C(CNC1CCCC1)NCC1(C(=O)O)CC1. The average Bonchev–Trinajstić information content (AvgIpc) is 2.93. The van der Waals surface area contributed by atoms with Gasteiger partial charge in [-0.2, -0.15) is 0 Å². The zero-order chi connectivity index (χ0) is 12.3. The van der Waals surface area contributed by atoms with Crippen LogP contribution in [0.1, 0.15) is 38.5 Å². The molecule has 0 bridgehead atoms. The van der Waals surface area contributed by atoms with Gasteiger partial charge in [0, 0.05) is 12.6 Å². The van der Waals surface area contributed by atoms with Crippen LogP contribution in [0, 0.1) is 5.41 Å². The smallest absolute Gasteiger partial charge is 0.311 e. The van der Waals surface area contributed by atoms with Gasteiger partial charge in [-0.25, -0.2) is 0 Å². The van der Waals surface area contributed by atoms with Crippen molar-refractivity contribution in [1.82, 2.24) is 10.6 Å². The topological polar surface area (TPSA) is 78.4 Å². The van der Waals surface area contributed by atoms with E-state index in [1.807, 2.05) is 0 Å². The van der Waals surface area contributed by atoms with Crippen molar-refractivity contribution in [3.05, 3.63) is 0 Å². The number of hydrogen-bond donors (Lipinski definition) is 3. The number of carboxylic acid groups (broad SMARTS) is 1. The third kappa shape index (κ3) is 3.19. The molecule has 0 aromatic rings. The number of carbonyl (C=O) groups is 2. The minimum atomic E-state index is -0.790. The van der Waals surface area contributed by atoms with Crippen molar-refractivity contribution in [1.29, 1.82) is 0 Å². The predicted octanol–water partition coefficient (Wildman–Crippen LogP) is 0.500. The van der Waals surface area contributed by atoms with Gasteiger partial charge >= 0.3 is 5.97 Å². The summed E-state index contributed by atoms with van der Waals surface area (Å²) >= 11 is 0. The molecule has 0 spiro atoms. The highest BCUT2D eigenvalue weighted by Gasteiger charge is 2.50. The number of amides is 1. The normalized spacial score (nSPS) is 22.4. The van der Waals surface area contributed by atoms with Crippen molar-refractivity contribution in [2.75, 3.05) is 13.1 Å². The van der Waals surface area contributed by atoms with E-state index in [-0.39, 0.29) is 12.5 Å². The largest absolute Gasteiger partial charge is 0.481 e. The Bertz CT molecular complexity index is 307. The molecule has 0 atom stereocenters. The predicted molar refractivity (Wildman–Crippen MR) is 62.6 cm³/mol. The summed E-state index contributed by atoms with van der Waals surface area (Å²) in [6.07, 6.45) is 6.12. The number of aliphatic carboxylic acids is 1. The van der Waals surface area contributed by atoms with E-state index in [0.717, 1.165) is 12.8 Å². The molecule has 2 aliphatic rings. The fourth-order valence-electron chi connectivity index (χ4n) is 2.31. The quantitative estimate of drug-likeness (QED) is 0.631. The molecule has 0 aromatic heterocycles. The molecule has 5 nitrogen and oxygen atoms in total. The highest BCUT2D eigenvalue weighted by atomic mass is 16.4. The van der Waals surface area contributed by atoms with E-state index in [0.29, 0.717) is 25.4 Å². The number of carboxylic acids is 1. The van der Waals surface area contributed by atoms with Crippen LogP contribution >= 0.6 is 0 Å². The van der Waals surface area contributed by atoms with Crippen LogP contribution in [0.2, 0.25) is 0 Å². The van der Waals surface area contributed by atoms with Crippen molar-refractivity contribution in [2.45, 2.75) is 44.6 Å². The molecule has 0 aliphatic heterocycles. The Labute approximate surface area is 101 Å². The van der Waals surface area contributed by atoms with Crippen LogP contribution in [0.15, 0.2) is 0 Å². The number of hydrogen-bond acceptors (Lipinski definition) is 3. The first kappa shape index (κ1) is 12.4. The lowest BCUT2D eigenvalue weighted by atomic mass is 10.1. The van der Waals surface area contributed by atoms with E-state index in [2.05, 4.69) is 10.6 Å². The molecule has 1 amide bonds. The summed E-state index contributed by atoms with van der Waals surface area (Å²) in [5.41, 5.74) is -0.664. The summed E-state index contributed by atoms with van der Waals surface area (Å²) in [6.45, 7) is 0.577. The molecule has 0 aromatic carbocycles. The molecule has 3 N–H and O–H groups in total. The first-order valence-electron chi connectivity index (χ1n) is 6.36. The van der Waals surface area contributed by atoms with Crippen LogP contribution in [0.3, 0.4) is 0 Å². The molecular weight excluding hydrogens is 220 g/mol. The molecule has 0 unspecified atom stereocenters. The Morgan fingerprint density at radius 1 is 1.24 bits per heavy atom. The van der Waals surface area contributed by atoms with Crippen molar-refractivity contribution in [2.24, 2.45) is 5.41 Å². The van der Waals surface area contributed by atoms with Gasteiger partial charge in [-0.1, -0.05) is 12.8 Å². The van der Waals surface area contributed by atoms with Crippen molar-refractivity contribution in [3.63, 3.8) is 0 Å². The first-order chi connectivity index (χ1) is 8.12. The molecule has 0 saturated heterocycles. The standard InChI is InChI=1S/C12H20N2O3/c15-10(7-13-9-3-1-2-4-9)14-8-12(5-6-12)11(16)17/h9,13H,1-8H2,(H,14,15)(H,16,17). The molecule has 96 valence electrons. The van der Waals surface area contributed by atoms with Crippen LogP contribution in [-0.2, 0) is 9.59 Å². The maximum absolute atomic E-state index is 11.5. The maximum Gasteiger partial charge on any atom is 0.311 e. The first-order valence-corrected chi connectivity index (χ1v) is 6.36. The van der Waals surface area contributed by atoms with Crippen LogP contribution in [0.5, 0.6) is 0 Å². The van der Waals surface area contributed by atoms with E-state index in [9.17, 15) is 9.59 Å². The summed E-state index contributed by atoms with van der Waals surface area (Å²) in [7, 11) is 0. The molecular formula is C12H20N2O3. The fourth-order valence-corrected chi connectivity index (χ4v) is 2.31. The number of rotatable bonds is 6. The summed E-state index contributed by atoms with van der Waals surface area (Å²) in [5.74, 6) is -0.883. The molecule has 5 heteroatoms. The fraction of sp³-hybridized carbons (Fsp3) is 0.833. The third-order valence-electron chi connectivity index (χ3n) is 3.84. The molecule has 2 fully saturated rings. The highest BCUT2D eigenvalue weighted by molar-refractivity contribution is 5.81. The summed E-state index contributed by atoms with van der Waals surface area (Å²) in [4.78, 5) is 22.4. The average molecular weight is 240 g/mol. The summed E-state index contributed by atoms with van der Waals surface area (Å²) < 4.78 is 0. The summed E-state index contributed by atoms with van der Waals surface area (Å²) in [5, 5.41) is 14.9. The minimum absolute atomic E-state index is 0.0931. The van der Waals surface area contributed by atoms with Gasteiger partial charge in [0.15, 0.2) is 0 Å². The summed E-state index contributed by atoms with van der Waals surface area (Å²) in [6, 6.07) is 0.468. The van der Waals surface area contributed by atoms with Gasteiger partial charge in [-0.05, 0) is 25.7 Å². The van der Waals surface area contributed by atoms with E-state index < -0.39 is 11.4 Å². The lowest BCUT2D eigenvalue weighted by Gasteiger charge is -2.14. The van der Waals surface area contributed by atoms with Gasteiger partial charge in [0.1, 0.15) is 0 Å². The van der Waals surface area contributed by atoms with Crippen LogP contribution < -0.4 is 10.6 Å². The second-order valence-corrected chi connectivity index (χ2v) is 5.22. The van der Waals surface area contributed by atoms with Crippen molar-refractivity contribution < 1.29 is 14.7 Å².